The summed E-state index contributed by atoms with van der Waals surface area (Å²) in [7, 11) is 1.66. The van der Waals surface area contributed by atoms with Gasteiger partial charge in [-0.3, -0.25) is 4.79 Å². The average Bonchev–Trinajstić information content (AvgIpc) is 2.94. The zero-order valence-corrected chi connectivity index (χ0v) is 9.80. The highest BCUT2D eigenvalue weighted by molar-refractivity contribution is 5.85. The van der Waals surface area contributed by atoms with E-state index in [2.05, 4.69) is 6.08 Å². The van der Waals surface area contributed by atoms with Crippen molar-refractivity contribution in [3.63, 3.8) is 0 Å². The minimum atomic E-state index is 0.137. The summed E-state index contributed by atoms with van der Waals surface area (Å²) in [6, 6.07) is 8.21. The number of benzene rings is 1. The Kier molecular flexibility index (Phi) is 2.39. The zero-order chi connectivity index (χ0) is 11.8. The van der Waals surface area contributed by atoms with Crippen molar-refractivity contribution in [3.8, 4) is 5.75 Å². The number of nitrogens with zero attached hydrogens (tertiary/aromatic N) is 1. The summed E-state index contributed by atoms with van der Waals surface area (Å²) in [4.78, 5) is 13.9. The van der Waals surface area contributed by atoms with E-state index in [-0.39, 0.29) is 11.8 Å². The van der Waals surface area contributed by atoms with Gasteiger partial charge in [0.15, 0.2) is 0 Å². The molecule has 3 rings (SSSR count). The lowest BCUT2D eigenvalue weighted by Crippen LogP contribution is -2.33. The number of ether oxygens (including phenoxy) is 1. The Bertz CT molecular complexity index is 464. The number of hydrogen-bond donors (Lipinski definition) is 0. The van der Waals surface area contributed by atoms with E-state index in [1.165, 1.54) is 0 Å². The smallest absolute Gasteiger partial charge is 0.230 e. The summed E-state index contributed by atoms with van der Waals surface area (Å²) in [5, 5.41) is 0. The molecule has 0 radical (unpaired) electrons. The van der Waals surface area contributed by atoms with E-state index in [0.717, 1.165) is 17.7 Å². The molecule has 3 nitrogen and oxygen atoms in total. The van der Waals surface area contributed by atoms with Crippen LogP contribution in [0.3, 0.4) is 0 Å². The molecule has 1 aromatic carbocycles. The molecule has 0 N–H and O–H groups in total. The topological polar surface area (TPSA) is 29.5 Å². The molecule has 1 aliphatic carbocycles. The second kappa shape index (κ2) is 3.91. The van der Waals surface area contributed by atoms with E-state index in [9.17, 15) is 4.79 Å². The minimum Gasteiger partial charge on any atom is -0.497 e. The van der Waals surface area contributed by atoms with Crippen molar-refractivity contribution < 1.29 is 9.53 Å². The van der Waals surface area contributed by atoms with Gasteiger partial charge in [0.25, 0.3) is 0 Å². The fraction of sp³-hybridized carbons (Fsp3) is 0.357. The molecule has 1 saturated heterocycles. The molecule has 88 valence electrons. The van der Waals surface area contributed by atoms with Crippen molar-refractivity contribution in [3.05, 3.63) is 42.0 Å². The highest BCUT2D eigenvalue weighted by atomic mass is 16.5. The predicted molar refractivity (Wildman–Crippen MR) is 64.6 cm³/mol. The maximum Gasteiger partial charge on any atom is 0.230 e. The quantitative estimate of drug-likeness (QED) is 0.742. The molecule has 1 amide bonds. The van der Waals surface area contributed by atoms with E-state index >= 15 is 0 Å². The van der Waals surface area contributed by atoms with Crippen LogP contribution in [0, 0.1) is 5.92 Å². The maximum absolute atomic E-state index is 11.9. The Morgan fingerprint density at radius 2 is 2.06 bits per heavy atom. The van der Waals surface area contributed by atoms with Crippen molar-refractivity contribution >= 4 is 5.91 Å². The standard InChI is InChI=1S/C14H15NO2/c1-17-13-6-2-10(3-7-13)9-15-12-5-4-11(8-12)14(15)16/h2-7,11-12H,8-9H2,1H3/t11-,12-/m0/s1. The molecule has 0 spiro atoms. The van der Waals surface area contributed by atoms with E-state index in [4.69, 9.17) is 4.74 Å². The van der Waals surface area contributed by atoms with Crippen LogP contribution in [0.1, 0.15) is 12.0 Å². The van der Waals surface area contributed by atoms with Crippen molar-refractivity contribution in [2.75, 3.05) is 7.11 Å². The van der Waals surface area contributed by atoms with Gasteiger partial charge in [0.1, 0.15) is 5.75 Å². The Hall–Kier alpha value is -1.77. The largest absolute Gasteiger partial charge is 0.497 e. The van der Waals surface area contributed by atoms with Gasteiger partial charge in [-0.05, 0) is 24.1 Å². The molecular weight excluding hydrogens is 214 g/mol. The van der Waals surface area contributed by atoms with Gasteiger partial charge >= 0.3 is 0 Å². The summed E-state index contributed by atoms with van der Waals surface area (Å²) in [5.41, 5.74) is 1.15. The van der Waals surface area contributed by atoms with Crippen LogP contribution in [-0.2, 0) is 11.3 Å². The van der Waals surface area contributed by atoms with Gasteiger partial charge in [0, 0.05) is 6.54 Å². The second-order valence-electron chi connectivity index (χ2n) is 4.61. The third kappa shape index (κ3) is 1.71. The molecule has 1 fully saturated rings. The molecular formula is C14H15NO2. The van der Waals surface area contributed by atoms with Crippen molar-refractivity contribution in [2.24, 2.45) is 5.92 Å². The molecule has 0 unspecified atom stereocenters. The Balaban J connectivity index is 1.74. The van der Waals surface area contributed by atoms with E-state index in [0.29, 0.717) is 12.6 Å². The highest BCUT2D eigenvalue weighted by Crippen LogP contribution is 2.33. The van der Waals surface area contributed by atoms with Gasteiger partial charge < -0.3 is 9.64 Å². The van der Waals surface area contributed by atoms with Crippen LogP contribution >= 0.6 is 0 Å². The SMILES string of the molecule is COc1ccc(CN2C(=O)[C@H]3C=C[C@H]2C3)cc1. The van der Waals surface area contributed by atoms with Gasteiger partial charge in [0.2, 0.25) is 5.91 Å². The summed E-state index contributed by atoms with van der Waals surface area (Å²) >= 11 is 0. The number of fused-ring (bicyclic) bond motifs is 2. The Morgan fingerprint density at radius 1 is 1.29 bits per heavy atom. The summed E-state index contributed by atoms with van der Waals surface area (Å²) in [6.07, 6.45) is 5.15. The van der Waals surface area contributed by atoms with Crippen LogP contribution in [-0.4, -0.2) is 24.0 Å². The lowest BCUT2D eigenvalue weighted by atomic mass is 10.1. The molecule has 0 aromatic heterocycles. The maximum atomic E-state index is 11.9. The van der Waals surface area contributed by atoms with Crippen LogP contribution in [0.15, 0.2) is 36.4 Å². The van der Waals surface area contributed by atoms with Gasteiger partial charge in [0.05, 0.1) is 19.1 Å². The fourth-order valence-corrected chi connectivity index (χ4v) is 2.59. The highest BCUT2D eigenvalue weighted by Gasteiger charge is 2.40. The third-order valence-electron chi connectivity index (χ3n) is 3.57. The molecule has 2 atom stereocenters. The number of likely N-dealkylation sites (tertiary alicyclic amines) is 1. The minimum absolute atomic E-state index is 0.137. The van der Waals surface area contributed by atoms with Crippen LogP contribution in [0.25, 0.3) is 0 Å². The molecule has 1 heterocycles. The molecule has 1 aliphatic heterocycles. The number of methoxy groups -OCH3 is 1. The average molecular weight is 229 g/mol. The third-order valence-corrected chi connectivity index (χ3v) is 3.57. The summed E-state index contributed by atoms with van der Waals surface area (Å²) in [6.45, 7) is 0.703. The lowest BCUT2D eigenvalue weighted by molar-refractivity contribution is -0.131. The summed E-state index contributed by atoms with van der Waals surface area (Å²) < 4.78 is 5.12. The first-order chi connectivity index (χ1) is 8.28. The number of carbonyl (C=O) groups excluding carboxylic acids is 1. The van der Waals surface area contributed by atoms with E-state index in [1.807, 2.05) is 35.2 Å². The summed E-state index contributed by atoms with van der Waals surface area (Å²) in [5.74, 6) is 1.26. The van der Waals surface area contributed by atoms with Gasteiger partial charge in [-0.1, -0.05) is 24.3 Å². The van der Waals surface area contributed by atoms with Crippen molar-refractivity contribution in [1.29, 1.82) is 0 Å². The number of carbonyl (C=O) groups is 1. The number of rotatable bonds is 3. The number of amides is 1. The molecule has 2 aliphatic rings. The first-order valence-corrected chi connectivity index (χ1v) is 5.89. The fourth-order valence-electron chi connectivity index (χ4n) is 2.59. The predicted octanol–water partition coefficient (Wildman–Crippen LogP) is 1.98. The second-order valence-corrected chi connectivity index (χ2v) is 4.61. The molecule has 0 saturated carbocycles. The van der Waals surface area contributed by atoms with Crippen LogP contribution in [0.5, 0.6) is 5.75 Å². The van der Waals surface area contributed by atoms with Gasteiger partial charge in [-0.15, -0.1) is 0 Å². The molecule has 1 aromatic rings. The Morgan fingerprint density at radius 3 is 2.65 bits per heavy atom. The number of hydrogen-bond acceptors (Lipinski definition) is 2. The zero-order valence-electron chi connectivity index (χ0n) is 9.80. The Labute approximate surface area is 101 Å². The van der Waals surface area contributed by atoms with Crippen LogP contribution in [0.4, 0.5) is 0 Å². The first kappa shape index (κ1) is 10.4. The van der Waals surface area contributed by atoms with E-state index in [1.54, 1.807) is 7.11 Å². The normalized spacial score (nSPS) is 25.7. The van der Waals surface area contributed by atoms with Crippen molar-refractivity contribution in [2.45, 2.75) is 19.0 Å². The lowest BCUT2D eigenvalue weighted by Gasteiger charge is -2.24. The van der Waals surface area contributed by atoms with Crippen molar-refractivity contribution in [1.82, 2.24) is 4.90 Å². The molecule has 2 bridgehead atoms. The monoisotopic (exact) mass is 229 g/mol. The molecule has 3 heteroatoms. The van der Waals surface area contributed by atoms with Crippen LogP contribution < -0.4 is 4.74 Å². The van der Waals surface area contributed by atoms with Gasteiger partial charge in [-0.25, -0.2) is 0 Å². The van der Waals surface area contributed by atoms with Crippen LogP contribution in [0.2, 0.25) is 0 Å². The first-order valence-electron chi connectivity index (χ1n) is 5.89. The van der Waals surface area contributed by atoms with E-state index < -0.39 is 0 Å². The molecule has 17 heavy (non-hydrogen) atoms. The van der Waals surface area contributed by atoms with Gasteiger partial charge in [-0.2, -0.15) is 0 Å².